The van der Waals surface area contributed by atoms with Crippen LogP contribution in [-0.2, 0) is 9.53 Å². The van der Waals surface area contributed by atoms with E-state index in [0.717, 1.165) is 50.7 Å². The predicted octanol–water partition coefficient (Wildman–Crippen LogP) is 2.07. The number of rotatable bonds is 4. The number of nitrogens with two attached hydrogens (primary N) is 1. The van der Waals surface area contributed by atoms with E-state index in [2.05, 4.69) is 26.7 Å². The van der Waals surface area contributed by atoms with Gasteiger partial charge in [0.05, 0.1) is 12.5 Å². The van der Waals surface area contributed by atoms with Crippen LogP contribution < -0.4 is 15.5 Å². The van der Waals surface area contributed by atoms with Crippen molar-refractivity contribution < 1.29 is 9.53 Å². The second-order valence-electron chi connectivity index (χ2n) is 7.14. The zero-order valence-electron chi connectivity index (χ0n) is 15.3. The Morgan fingerprint density at radius 2 is 1.88 bits per heavy atom. The molecular formula is C18H29N5O2. The normalized spacial score (nSPS) is 22.1. The highest BCUT2D eigenvalue weighted by molar-refractivity contribution is 5.77. The highest BCUT2D eigenvalue weighted by atomic mass is 16.5. The van der Waals surface area contributed by atoms with Crippen molar-refractivity contribution in [1.82, 2.24) is 9.97 Å². The molecule has 2 aliphatic heterocycles. The maximum Gasteiger partial charge on any atom is 0.309 e. The Bertz CT molecular complexity index is 601. The van der Waals surface area contributed by atoms with Crippen molar-refractivity contribution in [3.05, 3.63) is 6.33 Å². The molecule has 0 aliphatic carbocycles. The number of esters is 1. The molecule has 1 atom stereocenters. The van der Waals surface area contributed by atoms with Crippen molar-refractivity contribution in [3.8, 4) is 0 Å². The van der Waals surface area contributed by atoms with E-state index in [-0.39, 0.29) is 11.9 Å². The first-order valence-corrected chi connectivity index (χ1v) is 9.37. The summed E-state index contributed by atoms with van der Waals surface area (Å²) < 4.78 is 5.14. The molecule has 0 spiro atoms. The third-order valence-electron chi connectivity index (χ3n) is 5.21. The molecule has 0 bridgehead atoms. The zero-order valence-corrected chi connectivity index (χ0v) is 15.3. The average Bonchev–Trinajstić information content (AvgIpc) is 2.62. The van der Waals surface area contributed by atoms with E-state index < -0.39 is 0 Å². The van der Waals surface area contributed by atoms with Crippen molar-refractivity contribution in [2.75, 3.05) is 48.3 Å². The Morgan fingerprint density at radius 1 is 1.20 bits per heavy atom. The van der Waals surface area contributed by atoms with Crippen LogP contribution in [0.2, 0.25) is 0 Å². The van der Waals surface area contributed by atoms with Gasteiger partial charge in [0.25, 0.3) is 0 Å². The predicted molar refractivity (Wildman–Crippen MR) is 98.6 cm³/mol. The summed E-state index contributed by atoms with van der Waals surface area (Å²) in [5.74, 6) is 2.21. The smallest absolute Gasteiger partial charge is 0.309 e. The molecule has 3 heterocycles. The van der Waals surface area contributed by atoms with Crippen molar-refractivity contribution in [1.29, 1.82) is 0 Å². The lowest BCUT2D eigenvalue weighted by Crippen LogP contribution is -2.39. The topological polar surface area (TPSA) is 84.6 Å². The van der Waals surface area contributed by atoms with Crippen molar-refractivity contribution in [2.24, 2.45) is 11.8 Å². The summed E-state index contributed by atoms with van der Waals surface area (Å²) in [5.41, 5.74) is 7.09. The molecule has 0 saturated carbocycles. The van der Waals surface area contributed by atoms with Gasteiger partial charge in [0.15, 0.2) is 11.6 Å². The number of carbonyl (C=O) groups excluding carboxylic acids is 1. The van der Waals surface area contributed by atoms with Crippen molar-refractivity contribution in [2.45, 2.75) is 39.5 Å². The van der Waals surface area contributed by atoms with Gasteiger partial charge in [-0.15, -0.1) is 0 Å². The fraction of sp³-hybridized carbons (Fsp3) is 0.722. The van der Waals surface area contributed by atoms with E-state index in [4.69, 9.17) is 10.5 Å². The van der Waals surface area contributed by atoms with Gasteiger partial charge in [-0.05, 0) is 38.5 Å². The Balaban J connectivity index is 1.69. The molecule has 2 fully saturated rings. The number of anilines is 3. The maximum atomic E-state index is 11.9. The Kier molecular flexibility index (Phi) is 5.60. The molecular weight excluding hydrogens is 318 g/mol. The minimum absolute atomic E-state index is 0.0123. The molecule has 138 valence electrons. The van der Waals surface area contributed by atoms with Crippen LogP contribution >= 0.6 is 0 Å². The Morgan fingerprint density at radius 3 is 2.52 bits per heavy atom. The molecule has 0 amide bonds. The van der Waals surface area contributed by atoms with Crippen molar-refractivity contribution in [3.63, 3.8) is 0 Å². The van der Waals surface area contributed by atoms with E-state index in [1.165, 1.54) is 12.8 Å². The summed E-state index contributed by atoms with van der Waals surface area (Å²) in [6.45, 7) is 8.07. The number of hydrogen-bond donors (Lipinski definition) is 1. The number of ether oxygens (including phenoxy) is 1. The van der Waals surface area contributed by atoms with E-state index in [9.17, 15) is 4.79 Å². The number of piperidine rings is 2. The fourth-order valence-corrected chi connectivity index (χ4v) is 3.85. The van der Waals surface area contributed by atoms with Crippen LogP contribution in [-0.4, -0.2) is 48.7 Å². The molecule has 7 nitrogen and oxygen atoms in total. The van der Waals surface area contributed by atoms with Crippen LogP contribution in [0.5, 0.6) is 0 Å². The molecule has 7 heteroatoms. The van der Waals surface area contributed by atoms with Crippen LogP contribution in [0.4, 0.5) is 17.3 Å². The molecule has 1 aromatic heterocycles. The molecule has 25 heavy (non-hydrogen) atoms. The minimum atomic E-state index is -0.0826. The van der Waals surface area contributed by atoms with Crippen molar-refractivity contribution >= 4 is 23.3 Å². The summed E-state index contributed by atoms with van der Waals surface area (Å²) >= 11 is 0. The molecule has 1 aromatic rings. The number of aromatic nitrogens is 2. The van der Waals surface area contributed by atoms with Crippen LogP contribution in [0.25, 0.3) is 0 Å². The number of hydrogen-bond acceptors (Lipinski definition) is 7. The van der Waals surface area contributed by atoms with Crippen LogP contribution in [0, 0.1) is 11.8 Å². The monoisotopic (exact) mass is 347 g/mol. The van der Waals surface area contributed by atoms with E-state index in [1.54, 1.807) is 6.33 Å². The number of nitrogens with zero attached hydrogens (tertiary/aromatic N) is 4. The van der Waals surface area contributed by atoms with Gasteiger partial charge in [-0.1, -0.05) is 6.92 Å². The molecule has 2 aliphatic rings. The lowest BCUT2D eigenvalue weighted by Gasteiger charge is -2.35. The third-order valence-corrected chi connectivity index (χ3v) is 5.21. The SMILES string of the molecule is CCOC(=O)C1CCN(c2ncnc(N3CCCC(C)C3)c2N)CC1. The summed E-state index contributed by atoms with van der Waals surface area (Å²) in [7, 11) is 0. The molecule has 0 aromatic carbocycles. The lowest BCUT2D eigenvalue weighted by atomic mass is 9.97. The van der Waals surface area contributed by atoms with E-state index in [1.807, 2.05) is 6.92 Å². The van der Waals surface area contributed by atoms with Gasteiger partial charge in [-0.3, -0.25) is 4.79 Å². The van der Waals surface area contributed by atoms with Gasteiger partial charge < -0.3 is 20.3 Å². The van der Waals surface area contributed by atoms with Gasteiger partial charge in [0.1, 0.15) is 12.0 Å². The first-order valence-electron chi connectivity index (χ1n) is 9.37. The largest absolute Gasteiger partial charge is 0.466 e. The highest BCUT2D eigenvalue weighted by Gasteiger charge is 2.29. The van der Waals surface area contributed by atoms with Gasteiger partial charge in [-0.2, -0.15) is 0 Å². The minimum Gasteiger partial charge on any atom is -0.466 e. The van der Waals surface area contributed by atoms with Crippen LogP contribution in [0.3, 0.4) is 0 Å². The first kappa shape index (κ1) is 17.8. The number of carbonyl (C=O) groups is 1. The second-order valence-corrected chi connectivity index (χ2v) is 7.14. The lowest BCUT2D eigenvalue weighted by molar-refractivity contribution is -0.148. The second kappa shape index (κ2) is 7.89. The number of nitrogen functional groups attached to an aromatic ring is 1. The van der Waals surface area contributed by atoms with Gasteiger partial charge in [0, 0.05) is 26.2 Å². The molecule has 1 unspecified atom stereocenters. The van der Waals surface area contributed by atoms with Crippen LogP contribution in [0.15, 0.2) is 6.33 Å². The highest BCUT2D eigenvalue weighted by Crippen LogP contribution is 2.33. The maximum absolute atomic E-state index is 11.9. The standard InChI is InChI=1S/C18H29N5O2/c1-3-25-18(24)14-6-9-22(10-7-14)16-15(19)17(21-12-20-16)23-8-4-5-13(2)11-23/h12-14H,3-11,19H2,1-2H3. The molecule has 0 radical (unpaired) electrons. The Hall–Kier alpha value is -2.05. The fourth-order valence-electron chi connectivity index (χ4n) is 3.85. The summed E-state index contributed by atoms with van der Waals surface area (Å²) in [6.07, 6.45) is 5.59. The Labute approximate surface area is 149 Å². The summed E-state index contributed by atoms with van der Waals surface area (Å²) in [6, 6.07) is 0. The third kappa shape index (κ3) is 3.96. The summed E-state index contributed by atoms with van der Waals surface area (Å²) in [4.78, 5) is 25.2. The van der Waals surface area contributed by atoms with Gasteiger partial charge >= 0.3 is 5.97 Å². The quantitative estimate of drug-likeness (QED) is 0.835. The first-order chi connectivity index (χ1) is 12.1. The molecule has 2 saturated heterocycles. The van der Waals surface area contributed by atoms with Gasteiger partial charge in [0.2, 0.25) is 0 Å². The van der Waals surface area contributed by atoms with Crippen LogP contribution in [0.1, 0.15) is 39.5 Å². The molecule has 2 N–H and O–H groups in total. The van der Waals surface area contributed by atoms with E-state index >= 15 is 0 Å². The summed E-state index contributed by atoms with van der Waals surface area (Å²) in [5, 5.41) is 0. The van der Waals surface area contributed by atoms with Gasteiger partial charge in [-0.25, -0.2) is 9.97 Å². The zero-order chi connectivity index (χ0) is 17.8. The van der Waals surface area contributed by atoms with E-state index in [0.29, 0.717) is 18.2 Å². The molecule has 3 rings (SSSR count). The average molecular weight is 347 g/mol.